The average Bonchev–Trinajstić information content (AvgIpc) is 3.23. The molecule has 2 aromatic rings. The maximum Gasteiger partial charge on any atom is 0.217 e. The van der Waals surface area contributed by atoms with Gasteiger partial charge in [0.05, 0.1) is 19.3 Å². The van der Waals surface area contributed by atoms with Gasteiger partial charge in [-0.2, -0.15) is 4.98 Å². The Bertz CT molecular complexity index is 924. The molecule has 2 aliphatic rings. The number of nitrogens with zero attached hydrogens (tertiary/aromatic N) is 4. The molecule has 0 saturated carbocycles. The van der Waals surface area contributed by atoms with Crippen molar-refractivity contribution < 1.29 is 9.47 Å². The van der Waals surface area contributed by atoms with Gasteiger partial charge in [-0.3, -0.25) is 0 Å². The van der Waals surface area contributed by atoms with Crippen molar-refractivity contribution in [1.29, 1.82) is 0 Å². The first-order chi connectivity index (χ1) is 15.2. The lowest BCUT2D eigenvalue weighted by Gasteiger charge is -2.36. The fraction of sp³-hybridized carbons (Fsp3) is 0.577. The molecule has 2 aliphatic heterocycles. The molecule has 0 amide bonds. The molecule has 0 spiro atoms. The summed E-state index contributed by atoms with van der Waals surface area (Å²) >= 11 is 0. The lowest BCUT2D eigenvalue weighted by Crippen LogP contribution is -2.43. The van der Waals surface area contributed by atoms with Gasteiger partial charge in [-0.25, -0.2) is 0 Å². The smallest absolute Gasteiger partial charge is 0.217 e. The van der Waals surface area contributed by atoms with Gasteiger partial charge in [0, 0.05) is 56.7 Å². The van der Waals surface area contributed by atoms with Gasteiger partial charge in [0.2, 0.25) is 5.88 Å². The molecule has 0 aliphatic carbocycles. The number of rotatable bonds is 5. The number of benzene rings is 1. The van der Waals surface area contributed by atoms with Crippen LogP contribution in [0.5, 0.6) is 5.88 Å². The molecule has 2 atom stereocenters. The highest BCUT2D eigenvalue weighted by Gasteiger charge is 2.30. The zero-order chi connectivity index (χ0) is 22.9. The summed E-state index contributed by atoms with van der Waals surface area (Å²) in [6.45, 7) is 11.8. The molecule has 2 saturated heterocycles. The number of anilines is 3. The van der Waals surface area contributed by atoms with Crippen molar-refractivity contribution in [1.82, 2.24) is 4.98 Å². The number of morpholine rings is 1. The van der Waals surface area contributed by atoms with Crippen molar-refractivity contribution >= 4 is 17.2 Å². The topological polar surface area (TPSA) is 41.1 Å². The van der Waals surface area contributed by atoms with Gasteiger partial charge in [-0.1, -0.05) is 12.1 Å². The molecule has 174 valence electrons. The van der Waals surface area contributed by atoms with Crippen molar-refractivity contribution in [2.45, 2.75) is 58.2 Å². The largest absolute Gasteiger partial charge is 0.472 e. The zero-order valence-electron chi connectivity index (χ0n) is 20.5. The van der Waals surface area contributed by atoms with E-state index in [1.807, 2.05) is 0 Å². The minimum Gasteiger partial charge on any atom is -0.472 e. The number of pyridine rings is 1. The molecule has 0 bridgehead atoms. The van der Waals surface area contributed by atoms with Crippen LogP contribution in [-0.4, -0.2) is 57.0 Å². The molecular formula is C26H38N4O2. The predicted octanol–water partition coefficient (Wildman–Crippen LogP) is 4.89. The van der Waals surface area contributed by atoms with Crippen LogP contribution in [0.15, 0.2) is 36.4 Å². The Hall–Kier alpha value is -2.47. The predicted molar refractivity (Wildman–Crippen MR) is 132 cm³/mol. The second kappa shape index (κ2) is 9.18. The van der Waals surface area contributed by atoms with E-state index in [1.165, 1.54) is 11.3 Å². The highest BCUT2D eigenvalue weighted by molar-refractivity contribution is 5.60. The Morgan fingerprint density at radius 2 is 1.91 bits per heavy atom. The molecule has 1 aromatic heterocycles. The molecule has 6 nitrogen and oxygen atoms in total. The van der Waals surface area contributed by atoms with Crippen LogP contribution in [0.4, 0.5) is 17.2 Å². The summed E-state index contributed by atoms with van der Waals surface area (Å²) in [7, 11) is 4.19. The Labute approximate surface area is 193 Å². The molecule has 6 heteroatoms. The first-order valence-corrected chi connectivity index (χ1v) is 11.8. The molecule has 1 aromatic carbocycles. The minimum absolute atomic E-state index is 0.302. The van der Waals surface area contributed by atoms with E-state index in [4.69, 9.17) is 14.5 Å². The minimum atomic E-state index is -0.302. The molecule has 4 rings (SSSR count). The van der Waals surface area contributed by atoms with E-state index in [1.54, 1.807) is 0 Å². The van der Waals surface area contributed by atoms with Crippen LogP contribution in [0.2, 0.25) is 0 Å². The maximum absolute atomic E-state index is 6.26. The molecule has 1 unspecified atom stereocenters. The first-order valence-electron chi connectivity index (χ1n) is 11.8. The highest BCUT2D eigenvalue weighted by atomic mass is 16.5. The van der Waals surface area contributed by atoms with E-state index in [0.29, 0.717) is 18.0 Å². The third-order valence-corrected chi connectivity index (χ3v) is 6.20. The summed E-state index contributed by atoms with van der Waals surface area (Å²) in [5.74, 6) is 1.69. The summed E-state index contributed by atoms with van der Waals surface area (Å²) in [6.07, 6.45) is 2.29. The van der Waals surface area contributed by atoms with Crippen LogP contribution >= 0.6 is 0 Å². The second-order valence-corrected chi connectivity index (χ2v) is 10.2. The lowest BCUT2D eigenvalue weighted by atomic mass is 10.0. The van der Waals surface area contributed by atoms with Crippen LogP contribution in [0.25, 0.3) is 0 Å². The summed E-state index contributed by atoms with van der Waals surface area (Å²) in [4.78, 5) is 12.0. The van der Waals surface area contributed by atoms with Gasteiger partial charge in [-0.15, -0.1) is 0 Å². The normalized spacial score (nSPS) is 21.7. The molecular weight excluding hydrogens is 400 g/mol. The number of aromatic nitrogens is 1. The van der Waals surface area contributed by atoms with Crippen molar-refractivity contribution in [2.75, 3.05) is 55.1 Å². The van der Waals surface area contributed by atoms with Crippen LogP contribution in [-0.2, 0) is 4.74 Å². The van der Waals surface area contributed by atoms with Crippen LogP contribution < -0.4 is 19.4 Å². The van der Waals surface area contributed by atoms with Gasteiger partial charge in [-0.05, 0) is 58.2 Å². The van der Waals surface area contributed by atoms with Crippen LogP contribution in [0, 0.1) is 0 Å². The molecule has 3 heterocycles. The van der Waals surface area contributed by atoms with Crippen LogP contribution in [0.3, 0.4) is 0 Å². The number of ether oxygens (including phenoxy) is 2. The van der Waals surface area contributed by atoms with Gasteiger partial charge >= 0.3 is 0 Å². The standard InChI is InChI=1S/C26H38N4O2/c1-19-18-31-14-13-29(19)22-16-24(27-25(17-22)32-26(2,3)4)30-12-8-11-23(30)20-9-7-10-21(15-20)28(5)6/h7,9-10,15-17,19,23H,8,11-14,18H2,1-6H3/t19-,23?/m1/s1. The Morgan fingerprint density at radius 1 is 1.09 bits per heavy atom. The third-order valence-electron chi connectivity index (χ3n) is 6.20. The van der Waals surface area contributed by atoms with E-state index in [2.05, 4.69) is 92.9 Å². The van der Waals surface area contributed by atoms with Crippen LogP contribution in [0.1, 0.15) is 52.1 Å². The van der Waals surface area contributed by atoms with Gasteiger partial charge < -0.3 is 24.2 Å². The van der Waals surface area contributed by atoms with E-state index >= 15 is 0 Å². The van der Waals surface area contributed by atoms with Crippen molar-refractivity contribution in [3.8, 4) is 5.88 Å². The first kappa shape index (κ1) is 22.7. The second-order valence-electron chi connectivity index (χ2n) is 10.2. The van der Waals surface area contributed by atoms with E-state index < -0.39 is 0 Å². The summed E-state index contributed by atoms with van der Waals surface area (Å²) in [5, 5.41) is 0. The van der Waals surface area contributed by atoms with Gasteiger partial charge in [0.1, 0.15) is 11.4 Å². The Morgan fingerprint density at radius 3 is 2.62 bits per heavy atom. The quantitative estimate of drug-likeness (QED) is 0.662. The van der Waals surface area contributed by atoms with E-state index in [9.17, 15) is 0 Å². The van der Waals surface area contributed by atoms with E-state index in [-0.39, 0.29) is 5.60 Å². The fourth-order valence-corrected chi connectivity index (χ4v) is 4.67. The van der Waals surface area contributed by atoms with Crippen molar-refractivity contribution in [3.63, 3.8) is 0 Å². The molecule has 0 N–H and O–H groups in total. The average molecular weight is 439 g/mol. The molecule has 2 fully saturated rings. The number of hydrogen-bond donors (Lipinski definition) is 0. The summed E-state index contributed by atoms with van der Waals surface area (Å²) in [6, 6.07) is 13.9. The number of hydrogen-bond acceptors (Lipinski definition) is 6. The van der Waals surface area contributed by atoms with Crippen molar-refractivity contribution in [2.24, 2.45) is 0 Å². The third kappa shape index (κ3) is 5.12. The summed E-state index contributed by atoms with van der Waals surface area (Å²) < 4.78 is 11.9. The molecule has 32 heavy (non-hydrogen) atoms. The fourth-order valence-electron chi connectivity index (χ4n) is 4.67. The van der Waals surface area contributed by atoms with Crippen molar-refractivity contribution in [3.05, 3.63) is 42.0 Å². The SMILES string of the molecule is C[C@@H]1COCCN1c1cc(OC(C)(C)C)nc(N2CCCC2c2cccc(N(C)C)c2)c1. The monoisotopic (exact) mass is 438 g/mol. The molecule has 0 radical (unpaired) electrons. The Kier molecular flexibility index (Phi) is 6.52. The summed E-state index contributed by atoms with van der Waals surface area (Å²) in [5.41, 5.74) is 3.44. The van der Waals surface area contributed by atoms with Gasteiger partial charge in [0.15, 0.2) is 0 Å². The van der Waals surface area contributed by atoms with Gasteiger partial charge in [0.25, 0.3) is 0 Å². The zero-order valence-corrected chi connectivity index (χ0v) is 20.5. The van der Waals surface area contributed by atoms with E-state index in [0.717, 1.165) is 50.7 Å². The highest BCUT2D eigenvalue weighted by Crippen LogP contribution is 2.39. The Balaban J connectivity index is 1.71. The maximum atomic E-state index is 6.26. The lowest BCUT2D eigenvalue weighted by molar-refractivity contribution is 0.0986.